The average molecular weight is 335 g/mol. The Morgan fingerprint density at radius 1 is 1.38 bits per heavy atom. The van der Waals surface area contributed by atoms with Gasteiger partial charge in [-0.3, -0.25) is 18.7 Å². The van der Waals surface area contributed by atoms with Gasteiger partial charge >= 0.3 is 5.69 Å². The number of nitrogens with zero attached hydrogens (tertiary/aromatic N) is 4. The molecule has 0 aromatic carbocycles. The number of fused-ring (bicyclic) bond motifs is 1. The fourth-order valence-electron chi connectivity index (χ4n) is 2.91. The van der Waals surface area contributed by atoms with Crippen molar-refractivity contribution in [2.45, 2.75) is 31.9 Å². The Kier molecular flexibility index (Phi) is 4.52. The predicted molar refractivity (Wildman–Crippen MR) is 86.8 cm³/mol. The van der Waals surface area contributed by atoms with Crippen molar-refractivity contribution in [3.63, 3.8) is 0 Å². The molecule has 0 unspecified atom stereocenters. The molecular weight excluding hydrogens is 314 g/mol. The number of aryl methyl sites for hydroxylation is 2. The van der Waals surface area contributed by atoms with Gasteiger partial charge in [-0.25, -0.2) is 9.78 Å². The average Bonchev–Trinajstić information content (AvgIpc) is 3.23. The Morgan fingerprint density at radius 3 is 2.88 bits per heavy atom. The first-order chi connectivity index (χ1) is 11.5. The summed E-state index contributed by atoms with van der Waals surface area (Å²) in [6, 6.07) is 0. The molecule has 0 saturated carbocycles. The van der Waals surface area contributed by atoms with E-state index in [4.69, 9.17) is 4.74 Å². The number of aromatic nitrogens is 4. The minimum atomic E-state index is -0.424. The van der Waals surface area contributed by atoms with E-state index in [1.807, 2.05) is 0 Å². The summed E-state index contributed by atoms with van der Waals surface area (Å²) in [5.74, 6) is -0.103. The van der Waals surface area contributed by atoms with Crippen LogP contribution in [-0.4, -0.2) is 43.8 Å². The van der Waals surface area contributed by atoms with Gasteiger partial charge in [0.15, 0.2) is 11.2 Å². The summed E-state index contributed by atoms with van der Waals surface area (Å²) >= 11 is 0. The van der Waals surface area contributed by atoms with E-state index in [1.54, 1.807) is 11.6 Å². The van der Waals surface area contributed by atoms with Gasteiger partial charge in [0.2, 0.25) is 5.91 Å². The first-order valence-electron chi connectivity index (χ1n) is 7.98. The zero-order valence-electron chi connectivity index (χ0n) is 13.8. The first-order valence-corrected chi connectivity index (χ1v) is 7.98. The van der Waals surface area contributed by atoms with Crippen LogP contribution in [0, 0.1) is 0 Å². The zero-order chi connectivity index (χ0) is 17.3. The maximum Gasteiger partial charge on any atom is 0.332 e. The van der Waals surface area contributed by atoms with Crippen molar-refractivity contribution in [2.75, 3.05) is 13.2 Å². The van der Waals surface area contributed by atoms with E-state index < -0.39 is 11.2 Å². The topological polar surface area (TPSA) is 100 Å². The molecule has 0 spiro atoms. The number of ether oxygens (including phenoxy) is 1. The van der Waals surface area contributed by atoms with Gasteiger partial charge in [-0.05, 0) is 12.8 Å². The summed E-state index contributed by atoms with van der Waals surface area (Å²) in [6.07, 6.45) is 3.81. The fourth-order valence-corrected chi connectivity index (χ4v) is 2.91. The summed E-state index contributed by atoms with van der Waals surface area (Å²) in [5.41, 5.74) is -0.188. The fraction of sp³-hybridized carbons (Fsp3) is 0.600. The number of amides is 1. The van der Waals surface area contributed by atoms with Crippen LogP contribution in [0.25, 0.3) is 11.2 Å². The van der Waals surface area contributed by atoms with Gasteiger partial charge in [0, 0.05) is 40.2 Å². The summed E-state index contributed by atoms with van der Waals surface area (Å²) in [5, 5.41) is 2.85. The van der Waals surface area contributed by atoms with E-state index in [9.17, 15) is 14.4 Å². The maximum absolute atomic E-state index is 12.3. The van der Waals surface area contributed by atoms with Gasteiger partial charge in [0.05, 0.1) is 12.4 Å². The smallest absolute Gasteiger partial charge is 0.332 e. The lowest BCUT2D eigenvalue weighted by molar-refractivity contribution is -0.121. The van der Waals surface area contributed by atoms with Crippen LogP contribution in [0.15, 0.2) is 15.9 Å². The summed E-state index contributed by atoms with van der Waals surface area (Å²) in [6.45, 7) is 1.59. The Labute approximate surface area is 137 Å². The Balaban J connectivity index is 1.70. The quantitative estimate of drug-likeness (QED) is 0.765. The number of imidazole rings is 1. The van der Waals surface area contributed by atoms with E-state index in [-0.39, 0.29) is 18.4 Å². The second-order valence-corrected chi connectivity index (χ2v) is 6.01. The number of hydrogen-bond acceptors (Lipinski definition) is 5. The molecule has 9 nitrogen and oxygen atoms in total. The zero-order valence-corrected chi connectivity index (χ0v) is 13.8. The molecule has 0 radical (unpaired) electrons. The molecule has 130 valence electrons. The summed E-state index contributed by atoms with van der Waals surface area (Å²) in [4.78, 5) is 40.3. The van der Waals surface area contributed by atoms with Crippen LogP contribution in [0.2, 0.25) is 0 Å². The van der Waals surface area contributed by atoms with Crippen LogP contribution < -0.4 is 16.6 Å². The number of rotatable bonds is 5. The molecule has 24 heavy (non-hydrogen) atoms. The third kappa shape index (κ3) is 2.99. The van der Waals surface area contributed by atoms with Crippen molar-refractivity contribution in [3.8, 4) is 0 Å². The van der Waals surface area contributed by atoms with E-state index in [0.29, 0.717) is 24.3 Å². The number of carbonyl (C=O) groups excluding carboxylic acids is 1. The lowest BCUT2D eigenvalue weighted by Gasteiger charge is -2.11. The van der Waals surface area contributed by atoms with Crippen molar-refractivity contribution in [1.82, 2.24) is 24.0 Å². The number of carbonyl (C=O) groups is 1. The number of hydrogen-bond donors (Lipinski definition) is 1. The highest BCUT2D eigenvalue weighted by atomic mass is 16.5. The molecule has 2 aromatic heterocycles. The molecular formula is C15H21N5O4. The maximum atomic E-state index is 12.3. The van der Waals surface area contributed by atoms with Crippen molar-refractivity contribution >= 4 is 17.1 Å². The molecule has 1 aliphatic heterocycles. The summed E-state index contributed by atoms with van der Waals surface area (Å²) in [7, 11) is 2.99. The van der Waals surface area contributed by atoms with Crippen LogP contribution in [-0.2, 0) is 30.2 Å². The lowest BCUT2D eigenvalue weighted by atomic mass is 10.2. The van der Waals surface area contributed by atoms with Crippen molar-refractivity contribution in [2.24, 2.45) is 14.1 Å². The third-order valence-electron chi connectivity index (χ3n) is 4.35. The second kappa shape index (κ2) is 6.60. The van der Waals surface area contributed by atoms with Crippen molar-refractivity contribution in [3.05, 3.63) is 27.2 Å². The highest BCUT2D eigenvalue weighted by molar-refractivity contribution is 5.76. The third-order valence-corrected chi connectivity index (χ3v) is 4.35. The van der Waals surface area contributed by atoms with Crippen LogP contribution in [0.5, 0.6) is 0 Å². The molecule has 0 bridgehead atoms. The predicted octanol–water partition coefficient (Wildman–Crippen LogP) is -0.881. The highest BCUT2D eigenvalue weighted by Gasteiger charge is 2.17. The molecule has 1 N–H and O–H groups in total. The van der Waals surface area contributed by atoms with E-state index in [0.717, 1.165) is 24.0 Å². The minimum absolute atomic E-state index is 0.102. The Hall–Kier alpha value is -2.42. The molecule has 1 aliphatic rings. The Morgan fingerprint density at radius 2 is 2.17 bits per heavy atom. The lowest BCUT2D eigenvalue weighted by Crippen LogP contribution is -2.37. The molecule has 3 heterocycles. The monoisotopic (exact) mass is 335 g/mol. The molecule has 9 heteroatoms. The molecule has 0 aliphatic carbocycles. The normalized spacial score (nSPS) is 17.5. The molecule has 1 fully saturated rings. The largest absolute Gasteiger partial charge is 0.376 e. The van der Waals surface area contributed by atoms with Gasteiger partial charge in [-0.2, -0.15) is 0 Å². The van der Waals surface area contributed by atoms with Gasteiger partial charge in [-0.1, -0.05) is 0 Å². The molecule has 3 rings (SSSR count). The van der Waals surface area contributed by atoms with Gasteiger partial charge < -0.3 is 14.6 Å². The van der Waals surface area contributed by atoms with Crippen LogP contribution in [0.4, 0.5) is 0 Å². The van der Waals surface area contributed by atoms with Crippen LogP contribution in [0.1, 0.15) is 19.3 Å². The van der Waals surface area contributed by atoms with E-state index in [2.05, 4.69) is 10.3 Å². The Bertz CT molecular complexity index is 872. The number of nitrogens with one attached hydrogen (secondary N) is 1. The van der Waals surface area contributed by atoms with E-state index >= 15 is 0 Å². The van der Waals surface area contributed by atoms with Gasteiger partial charge in [-0.15, -0.1) is 0 Å². The molecule has 1 amide bonds. The highest BCUT2D eigenvalue weighted by Crippen LogP contribution is 2.10. The van der Waals surface area contributed by atoms with Crippen molar-refractivity contribution < 1.29 is 9.53 Å². The van der Waals surface area contributed by atoms with Crippen molar-refractivity contribution in [1.29, 1.82) is 0 Å². The van der Waals surface area contributed by atoms with Gasteiger partial charge in [0.25, 0.3) is 5.56 Å². The van der Waals surface area contributed by atoms with Gasteiger partial charge in [0.1, 0.15) is 0 Å². The minimum Gasteiger partial charge on any atom is -0.376 e. The van der Waals surface area contributed by atoms with Crippen LogP contribution in [0.3, 0.4) is 0 Å². The summed E-state index contributed by atoms with van der Waals surface area (Å²) < 4.78 is 9.44. The second-order valence-electron chi connectivity index (χ2n) is 6.01. The first kappa shape index (κ1) is 16.4. The van der Waals surface area contributed by atoms with Crippen LogP contribution >= 0.6 is 0 Å². The SMILES string of the molecule is Cn1c(=O)c2c(ncn2CCC(=O)NC[C@H]2CCCO2)n(C)c1=O. The molecule has 1 atom stereocenters. The molecule has 2 aromatic rings. The molecule has 1 saturated heterocycles. The van der Waals surface area contributed by atoms with E-state index in [1.165, 1.54) is 17.9 Å². The standard InChI is InChI=1S/C15H21N5O4/c1-18-13-12(14(22)19(2)15(18)23)20(9-17-13)6-5-11(21)16-8-10-4-3-7-24-10/h9-10H,3-8H2,1-2H3,(H,16,21)/t10-/m1/s1.